The molecule has 1 aliphatic heterocycles. The smallest absolute Gasteiger partial charge is 0.407 e. The molecule has 0 saturated carbocycles. The van der Waals surface area contributed by atoms with E-state index in [1.807, 2.05) is 38.1 Å². The minimum Gasteiger partial charge on any atom is -0.453 e. The molecular weight excluding hydrogens is 440 g/mol. The lowest BCUT2D eigenvalue weighted by atomic mass is 10.0. The quantitative estimate of drug-likeness (QED) is 0.708. The summed E-state index contributed by atoms with van der Waals surface area (Å²) in [6.45, 7) is 4.95. The van der Waals surface area contributed by atoms with E-state index in [0.717, 1.165) is 15.7 Å². The van der Waals surface area contributed by atoms with Crippen LogP contribution in [0.3, 0.4) is 0 Å². The fraction of sp³-hybridized carbons (Fsp3) is 0.450. The van der Waals surface area contributed by atoms with Gasteiger partial charge in [-0.25, -0.2) is 9.78 Å². The molecule has 1 saturated heterocycles. The topological polar surface area (TPSA) is 96.6 Å². The highest BCUT2D eigenvalue weighted by Gasteiger charge is 2.36. The van der Waals surface area contributed by atoms with E-state index >= 15 is 0 Å². The Bertz CT molecular complexity index is 852. The van der Waals surface area contributed by atoms with E-state index in [-0.39, 0.29) is 17.9 Å². The van der Waals surface area contributed by atoms with Gasteiger partial charge in [-0.15, -0.1) is 0 Å². The van der Waals surface area contributed by atoms with Crippen molar-refractivity contribution in [3.05, 3.63) is 40.8 Å². The second-order valence-corrected chi connectivity index (χ2v) is 8.08. The summed E-state index contributed by atoms with van der Waals surface area (Å²) in [6.07, 6.45) is 1.13. The van der Waals surface area contributed by atoms with E-state index in [2.05, 4.69) is 36.0 Å². The van der Waals surface area contributed by atoms with Crippen molar-refractivity contribution in [1.82, 2.24) is 20.2 Å². The monoisotopic (exact) mass is 464 g/mol. The number of imidazole rings is 1. The number of aromatic nitrogens is 2. The summed E-state index contributed by atoms with van der Waals surface area (Å²) in [7, 11) is 1.28. The second-order valence-electron chi connectivity index (χ2n) is 7.17. The summed E-state index contributed by atoms with van der Waals surface area (Å²) in [5.41, 5.74) is 1.85. The van der Waals surface area contributed by atoms with Crippen LogP contribution in [0, 0.1) is 5.92 Å². The summed E-state index contributed by atoms with van der Waals surface area (Å²) in [5.74, 6) is 0.372. The predicted octanol–water partition coefficient (Wildman–Crippen LogP) is 3.12. The van der Waals surface area contributed by atoms with Gasteiger partial charge in [0, 0.05) is 11.0 Å². The number of nitrogens with zero attached hydrogens (tertiary/aromatic N) is 2. The molecule has 2 unspecified atom stereocenters. The van der Waals surface area contributed by atoms with Gasteiger partial charge in [0.2, 0.25) is 5.91 Å². The predicted molar refractivity (Wildman–Crippen MR) is 111 cm³/mol. The summed E-state index contributed by atoms with van der Waals surface area (Å²) in [6, 6.07) is 6.83. The SMILES string of the molecule is COC(=O)NC(C(=O)N1CCOCC1c1ncc(-c2ccc(Br)cc2)[nH]1)C(C)C. The number of halogens is 1. The van der Waals surface area contributed by atoms with Crippen molar-refractivity contribution in [2.24, 2.45) is 5.92 Å². The van der Waals surface area contributed by atoms with Gasteiger partial charge in [0.15, 0.2) is 0 Å². The lowest BCUT2D eigenvalue weighted by Gasteiger charge is -2.37. The van der Waals surface area contributed by atoms with E-state index < -0.39 is 12.1 Å². The molecule has 156 valence electrons. The maximum absolute atomic E-state index is 13.2. The molecule has 29 heavy (non-hydrogen) atoms. The van der Waals surface area contributed by atoms with Crippen LogP contribution in [0.4, 0.5) is 4.79 Å². The Kier molecular flexibility index (Phi) is 6.92. The van der Waals surface area contributed by atoms with Crippen molar-refractivity contribution in [2.75, 3.05) is 26.9 Å². The van der Waals surface area contributed by atoms with Crippen LogP contribution in [-0.2, 0) is 14.3 Å². The minimum absolute atomic E-state index is 0.0972. The first-order valence-electron chi connectivity index (χ1n) is 9.44. The van der Waals surface area contributed by atoms with E-state index in [4.69, 9.17) is 4.74 Å². The molecule has 1 aromatic carbocycles. The molecule has 0 bridgehead atoms. The van der Waals surface area contributed by atoms with Gasteiger partial charge >= 0.3 is 6.09 Å². The van der Waals surface area contributed by atoms with Crippen molar-refractivity contribution in [3.8, 4) is 11.3 Å². The molecule has 2 heterocycles. The molecule has 0 aliphatic carbocycles. The number of ether oxygens (including phenoxy) is 2. The number of hydrogen-bond acceptors (Lipinski definition) is 5. The van der Waals surface area contributed by atoms with Crippen LogP contribution < -0.4 is 5.32 Å². The Morgan fingerprint density at radius 1 is 1.34 bits per heavy atom. The third-order valence-electron chi connectivity index (χ3n) is 4.87. The van der Waals surface area contributed by atoms with E-state index in [0.29, 0.717) is 25.6 Å². The summed E-state index contributed by atoms with van der Waals surface area (Å²) < 4.78 is 11.3. The zero-order chi connectivity index (χ0) is 21.0. The van der Waals surface area contributed by atoms with Crippen molar-refractivity contribution >= 4 is 27.9 Å². The molecule has 0 radical (unpaired) electrons. The average Bonchev–Trinajstić information content (AvgIpc) is 3.21. The van der Waals surface area contributed by atoms with Gasteiger partial charge in [0.25, 0.3) is 0 Å². The van der Waals surface area contributed by atoms with E-state index in [9.17, 15) is 9.59 Å². The number of hydrogen-bond donors (Lipinski definition) is 2. The number of H-pyrrole nitrogens is 1. The summed E-state index contributed by atoms with van der Waals surface area (Å²) in [5, 5.41) is 2.64. The van der Waals surface area contributed by atoms with Crippen LogP contribution in [0.1, 0.15) is 25.7 Å². The lowest BCUT2D eigenvalue weighted by molar-refractivity contribution is -0.143. The van der Waals surface area contributed by atoms with Crippen LogP contribution in [0.5, 0.6) is 0 Å². The Morgan fingerprint density at radius 2 is 2.07 bits per heavy atom. The van der Waals surface area contributed by atoms with Gasteiger partial charge in [-0.1, -0.05) is 41.9 Å². The number of carbonyl (C=O) groups excluding carboxylic acids is 2. The molecule has 3 rings (SSSR count). The maximum Gasteiger partial charge on any atom is 0.407 e. The number of nitrogens with one attached hydrogen (secondary N) is 2. The first-order chi connectivity index (χ1) is 13.9. The van der Waals surface area contributed by atoms with Crippen molar-refractivity contribution in [1.29, 1.82) is 0 Å². The normalized spacial score (nSPS) is 17.8. The van der Waals surface area contributed by atoms with Gasteiger partial charge in [-0.2, -0.15) is 0 Å². The number of carbonyl (C=O) groups is 2. The molecule has 1 fully saturated rings. The highest BCUT2D eigenvalue weighted by Crippen LogP contribution is 2.27. The fourth-order valence-corrected chi connectivity index (χ4v) is 3.52. The molecule has 2 amide bonds. The van der Waals surface area contributed by atoms with Crippen LogP contribution in [0.2, 0.25) is 0 Å². The molecule has 9 heteroatoms. The van der Waals surface area contributed by atoms with Crippen molar-refractivity contribution in [3.63, 3.8) is 0 Å². The number of alkyl carbamates (subject to hydrolysis) is 1. The fourth-order valence-electron chi connectivity index (χ4n) is 3.25. The van der Waals surface area contributed by atoms with Gasteiger partial charge < -0.3 is 24.7 Å². The first-order valence-corrected chi connectivity index (χ1v) is 10.2. The van der Waals surface area contributed by atoms with Crippen LogP contribution in [-0.4, -0.2) is 59.8 Å². The van der Waals surface area contributed by atoms with Gasteiger partial charge in [-0.05, 0) is 23.6 Å². The molecule has 1 aliphatic rings. The zero-order valence-corrected chi connectivity index (χ0v) is 18.2. The number of amides is 2. The molecular formula is C20H25BrN4O4. The Hall–Kier alpha value is -2.39. The van der Waals surface area contributed by atoms with Crippen LogP contribution in [0.15, 0.2) is 34.9 Å². The molecule has 1 aromatic heterocycles. The Balaban J connectivity index is 1.83. The van der Waals surface area contributed by atoms with E-state index in [1.165, 1.54) is 7.11 Å². The van der Waals surface area contributed by atoms with E-state index in [1.54, 1.807) is 11.1 Å². The van der Waals surface area contributed by atoms with Crippen LogP contribution in [0.25, 0.3) is 11.3 Å². The third kappa shape index (κ3) is 4.97. The Labute approximate surface area is 178 Å². The first kappa shape index (κ1) is 21.3. The maximum atomic E-state index is 13.2. The number of aromatic amines is 1. The lowest BCUT2D eigenvalue weighted by Crippen LogP contribution is -2.54. The van der Waals surface area contributed by atoms with Gasteiger partial charge in [0.05, 0.1) is 32.2 Å². The number of benzene rings is 1. The van der Waals surface area contributed by atoms with Crippen LogP contribution >= 0.6 is 15.9 Å². The van der Waals surface area contributed by atoms with Gasteiger partial charge in [-0.3, -0.25) is 4.79 Å². The summed E-state index contributed by atoms with van der Waals surface area (Å²) >= 11 is 3.43. The Morgan fingerprint density at radius 3 is 2.72 bits per heavy atom. The number of methoxy groups -OCH3 is 1. The largest absolute Gasteiger partial charge is 0.453 e. The second kappa shape index (κ2) is 9.41. The molecule has 0 spiro atoms. The minimum atomic E-state index is -0.691. The molecule has 2 aromatic rings. The van der Waals surface area contributed by atoms with Crippen molar-refractivity contribution in [2.45, 2.75) is 25.9 Å². The molecule has 2 atom stereocenters. The van der Waals surface area contributed by atoms with Crippen molar-refractivity contribution < 1.29 is 19.1 Å². The zero-order valence-electron chi connectivity index (χ0n) is 16.6. The summed E-state index contributed by atoms with van der Waals surface area (Å²) in [4.78, 5) is 34.5. The number of morpholine rings is 1. The standard InChI is InChI=1S/C20H25BrN4O4/c1-12(2)17(24-20(27)28-3)19(26)25-8-9-29-11-16(25)18-22-10-15(23-18)13-4-6-14(21)7-5-13/h4-7,10,12,16-17H,8-9,11H2,1-3H3,(H,22,23)(H,24,27). The molecule has 2 N–H and O–H groups in total. The molecule has 8 nitrogen and oxygen atoms in total. The van der Waals surface area contributed by atoms with Gasteiger partial charge in [0.1, 0.15) is 17.9 Å². The highest BCUT2D eigenvalue weighted by atomic mass is 79.9. The number of rotatable bonds is 5. The third-order valence-corrected chi connectivity index (χ3v) is 5.40. The highest BCUT2D eigenvalue weighted by molar-refractivity contribution is 9.10. The average molecular weight is 465 g/mol.